The summed E-state index contributed by atoms with van der Waals surface area (Å²) in [4.78, 5) is 4.76. The molecule has 0 amide bonds. The summed E-state index contributed by atoms with van der Waals surface area (Å²) >= 11 is 6.38. The molecule has 1 aliphatic heterocycles. The predicted octanol–water partition coefficient (Wildman–Crippen LogP) is 4.17. The molecule has 7 heteroatoms. The summed E-state index contributed by atoms with van der Waals surface area (Å²) in [5, 5.41) is 30.2. The van der Waals surface area contributed by atoms with E-state index in [1.165, 1.54) is 6.07 Å². The fraction of sp³-hybridized carbons (Fsp3) is 0.0556. The largest absolute Gasteiger partial charge is 0.506 e. The highest BCUT2D eigenvalue weighted by Gasteiger charge is 2.24. The van der Waals surface area contributed by atoms with Gasteiger partial charge in [0.25, 0.3) is 0 Å². The van der Waals surface area contributed by atoms with E-state index in [-0.39, 0.29) is 11.3 Å². The van der Waals surface area contributed by atoms with E-state index in [4.69, 9.17) is 16.6 Å². The molecule has 0 fully saturated rings. The molecule has 3 aromatic rings. The van der Waals surface area contributed by atoms with Crippen molar-refractivity contribution in [3.05, 3.63) is 63.8 Å². The van der Waals surface area contributed by atoms with Crippen molar-refractivity contribution in [2.24, 2.45) is 4.99 Å². The van der Waals surface area contributed by atoms with Gasteiger partial charge in [0.15, 0.2) is 5.82 Å². The van der Waals surface area contributed by atoms with Gasteiger partial charge in [0, 0.05) is 22.2 Å². The Hall–Kier alpha value is -3.30. The number of nitrogens with zero attached hydrogens (tertiary/aromatic N) is 3. The Morgan fingerprint density at radius 1 is 1.20 bits per heavy atom. The molecule has 2 heterocycles. The second-order valence-electron chi connectivity index (χ2n) is 5.64. The lowest BCUT2D eigenvalue weighted by Gasteiger charge is -2.13. The van der Waals surface area contributed by atoms with E-state index in [9.17, 15) is 10.4 Å². The van der Waals surface area contributed by atoms with Crippen molar-refractivity contribution in [1.29, 1.82) is 5.26 Å². The van der Waals surface area contributed by atoms with Crippen LogP contribution in [-0.4, -0.2) is 21.0 Å². The Balaban J connectivity index is 2.07. The Labute approximate surface area is 148 Å². The average molecular weight is 350 g/mol. The molecule has 0 atom stereocenters. The lowest BCUT2D eigenvalue weighted by molar-refractivity contribution is 0.474. The molecule has 0 saturated carbocycles. The molecule has 0 spiro atoms. The molecule has 4 rings (SSSR count). The standard InChI is InChI=1S/C18H12ClN5O/c1-9-16-18(24-23-9)21-14-7-15(25)10(8-20)6-12(14)17(22-16)11-4-2-3-5-13(11)19/h2-7,25H,1H3,(H2,21,23,24). The number of anilines is 2. The third kappa shape index (κ3) is 2.42. The van der Waals surface area contributed by atoms with E-state index >= 15 is 0 Å². The molecular weight excluding hydrogens is 338 g/mol. The number of halogens is 1. The van der Waals surface area contributed by atoms with Crippen LogP contribution in [-0.2, 0) is 0 Å². The summed E-state index contributed by atoms with van der Waals surface area (Å²) in [6.45, 7) is 1.87. The van der Waals surface area contributed by atoms with Gasteiger partial charge >= 0.3 is 0 Å². The van der Waals surface area contributed by atoms with Crippen LogP contribution in [0.15, 0.2) is 41.4 Å². The number of aromatic amines is 1. The third-order valence-corrected chi connectivity index (χ3v) is 4.36. The van der Waals surface area contributed by atoms with Crippen molar-refractivity contribution in [1.82, 2.24) is 10.2 Å². The second-order valence-corrected chi connectivity index (χ2v) is 6.05. The molecular formula is C18H12ClN5O. The van der Waals surface area contributed by atoms with Crippen LogP contribution in [0.3, 0.4) is 0 Å². The van der Waals surface area contributed by atoms with Crippen LogP contribution in [0.1, 0.15) is 22.4 Å². The molecule has 0 bridgehead atoms. The van der Waals surface area contributed by atoms with E-state index in [1.807, 2.05) is 31.2 Å². The van der Waals surface area contributed by atoms with Gasteiger partial charge in [-0.2, -0.15) is 10.4 Å². The van der Waals surface area contributed by atoms with Gasteiger partial charge in [0.05, 0.1) is 22.7 Å². The highest BCUT2D eigenvalue weighted by Crippen LogP contribution is 2.39. The summed E-state index contributed by atoms with van der Waals surface area (Å²) < 4.78 is 0. The lowest BCUT2D eigenvalue weighted by Crippen LogP contribution is -2.06. The number of aliphatic imine (C=N–C) groups is 1. The first kappa shape index (κ1) is 15.2. The van der Waals surface area contributed by atoms with Crippen LogP contribution in [0.5, 0.6) is 5.75 Å². The van der Waals surface area contributed by atoms with E-state index < -0.39 is 0 Å². The normalized spacial score (nSPS) is 12.3. The van der Waals surface area contributed by atoms with Crippen molar-refractivity contribution < 1.29 is 5.11 Å². The molecule has 2 aromatic carbocycles. The van der Waals surface area contributed by atoms with E-state index in [0.717, 1.165) is 11.3 Å². The quantitative estimate of drug-likeness (QED) is 0.480. The molecule has 0 saturated heterocycles. The first-order chi connectivity index (χ1) is 12.1. The van der Waals surface area contributed by atoms with Crippen LogP contribution < -0.4 is 5.32 Å². The molecule has 0 aliphatic carbocycles. The number of aromatic nitrogens is 2. The minimum Gasteiger partial charge on any atom is -0.506 e. The van der Waals surface area contributed by atoms with E-state index in [1.54, 1.807) is 12.1 Å². The fourth-order valence-corrected chi connectivity index (χ4v) is 3.01. The summed E-state index contributed by atoms with van der Waals surface area (Å²) in [7, 11) is 0. The molecule has 1 aromatic heterocycles. The maximum absolute atomic E-state index is 10.1. The number of rotatable bonds is 1. The van der Waals surface area contributed by atoms with Crippen LogP contribution in [0.4, 0.5) is 17.2 Å². The van der Waals surface area contributed by atoms with Gasteiger partial charge in [-0.25, -0.2) is 4.99 Å². The van der Waals surface area contributed by atoms with Gasteiger partial charge in [-0.3, -0.25) is 5.10 Å². The summed E-state index contributed by atoms with van der Waals surface area (Å²) in [5.41, 5.74) is 4.22. The zero-order chi connectivity index (χ0) is 17.6. The van der Waals surface area contributed by atoms with Gasteiger partial charge in [0.1, 0.15) is 17.5 Å². The van der Waals surface area contributed by atoms with Crippen molar-refractivity contribution in [2.75, 3.05) is 5.32 Å². The smallest absolute Gasteiger partial charge is 0.178 e. The lowest BCUT2D eigenvalue weighted by atomic mass is 9.98. The number of H-pyrrole nitrogens is 1. The molecule has 25 heavy (non-hydrogen) atoms. The van der Waals surface area contributed by atoms with Crippen molar-refractivity contribution in [2.45, 2.75) is 6.92 Å². The second kappa shape index (κ2) is 5.65. The molecule has 122 valence electrons. The Bertz CT molecular complexity index is 1080. The summed E-state index contributed by atoms with van der Waals surface area (Å²) in [6.07, 6.45) is 0. The minimum atomic E-state index is -0.108. The number of phenolic OH excluding ortho intramolecular Hbond substituents is 1. The van der Waals surface area contributed by atoms with Crippen molar-refractivity contribution in [3.8, 4) is 11.8 Å². The van der Waals surface area contributed by atoms with E-state index in [2.05, 4.69) is 15.5 Å². The van der Waals surface area contributed by atoms with Crippen molar-refractivity contribution >= 4 is 34.5 Å². The number of aryl methyl sites for hydroxylation is 1. The number of nitrogens with one attached hydrogen (secondary N) is 2. The SMILES string of the molecule is Cc1[nH]nc2c1N=C(c1ccccc1Cl)c1cc(C#N)c(O)cc1N2. The number of nitriles is 1. The first-order valence-corrected chi connectivity index (χ1v) is 7.89. The van der Waals surface area contributed by atoms with Crippen LogP contribution in [0, 0.1) is 18.3 Å². The highest BCUT2D eigenvalue weighted by atomic mass is 35.5. The number of aromatic hydroxyl groups is 1. The zero-order valence-corrected chi connectivity index (χ0v) is 13.9. The number of hydrogen-bond donors (Lipinski definition) is 3. The number of fused-ring (bicyclic) bond motifs is 2. The predicted molar refractivity (Wildman–Crippen MR) is 96.2 cm³/mol. The van der Waals surface area contributed by atoms with Gasteiger partial charge < -0.3 is 10.4 Å². The molecule has 1 aliphatic rings. The average Bonchev–Trinajstić information content (AvgIpc) is 2.85. The zero-order valence-electron chi connectivity index (χ0n) is 13.1. The molecule has 0 radical (unpaired) electrons. The number of phenols is 1. The monoisotopic (exact) mass is 349 g/mol. The maximum atomic E-state index is 10.1. The maximum Gasteiger partial charge on any atom is 0.178 e. The van der Waals surface area contributed by atoms with Gasteiger partial charge in [0.2, 0.25) is 0 Å². The number of hydrogen-bond acceptors (Lipinski definition) is 5. The van der Waals surface area contributed by atoms with Crippen molar-refractivity contribution in [3.63, 3.8) is 0 Å². The molecule has 3 N–H and O–H groups in total. The third-order valence-electron chi connectivity index (χ3n) is 4.03. The minimum absolute atomic E-state index is 0.108. The Morgan fingerprint density at radius 2 is 2.00 bits per heavy atom. The summed E-state index contributed by atoms with van der Waals surface area (Å²) in [5.74, 6) is 0.438. The molecule has 0 unspecified atom stereocenters. The highest BCUT2D eigenvalue weighted by molar-refractivity contribution is 6.36. The van der Waals surface area contributed by atoms with Gasteiger partial charge in [-0.15, -0.1) is 0 Å². The Kier molecular flexibility index (Phi) is 3.45. The van der Waals surface area contributed by atoms with Gasteiger partial charge in [-0.05, 0) is 19.1 Å². The topological polar surface area (TPSA) is 97.1 Å². The summed E-state index contributed by atoms with van der Waals surface area (Å²) in [6, 6.07) is 12.5. The van der Waals surface area contributed by atoms with Crippen LogP contribution >= 0.6 is 11.6 Å². The van der Waals surface area contributed by atoms with E-state index in [0.29, 0.717) is 33.5 Å². The van der Waals surface area contributed by atoms with Gasteiger partial charge in [-0.1, -0.05) is 29.8 Å². The first-order valence-electron chi connectivity index (χ1n) is 7.51. The fourth-order valence-electron chi connectivity index (χ4n) is 2.78. The Morgan fingerprint density at radius 3 is 2.76 bits per heavy atom. The number of benzene rings is 2. The molecule has 6 nitrogen and oxygen atoms in total. The van der Waals surface area contributed by atoms with Crippen LogP contribution in [0.25, 0.3) is 0 Å². The van der Waals surface area contributed by atoms with Crippen LogP contribution in [0.2, 0.25) is 5.02 Å².